The van der Waals surface area contributed by atoms with Crippen LogP contribution in [0, 0.1) is 0 Å². The maximum atomic E-state index is 16.2. The van der Waals surface area contributed by atoms with E-state index in [1.54, 1.807) is 42.9 Å². The van der Waals surface area contributed by atoms with Crippen molar-refractivity contribution in [1.82, 2.24) is 19.4 Å². The molecule has 0 spiro atoms. The van der Waals surface area contributed by atoms with Crippen LogP contribution in [-0.4, -0.2) is 92.9 Å². The molecule has 9 nitrogen and oxygen atoms in total. The molecule has 50 heavy (non-hydrogen) atoms. The normalized spacial score (nSPS) is 14.9. The largest absolute Gasteiger partial charge is 0.493 e. The van der Waals surface area contributed by atoms with Crippen LogP contribution in [0.2, 0.25) is 0 Å². The maximum Gasteiger partial charge on any atom is 0.253 e. The molecule has 262 valence electrons. The zero-order chi connectivity index (χ0) is 35.0. The van der Waals surface area contributed by atoms with E-state index in [9.17, 15) is 4.79 Å². The van der Waals surface area contributed by atoms with Gasteiger partial charge in [0.1, 0.15) is 0 Å². The summed E-state index contributed by atoms with van der Waals surface area (Å²) in [7, 11) is 6.47. The number of alkyl halides is 1. The number of carbonyl (C=O) groups is 1. The average molecular weight is 680 g/mol. The number of benzene rings is 4. The molecule has 1 aromatic heterocycles. The minimum Gasteiger partial charge on any atom is -0.493 e. The van der Waals surface area contributed by atoms with Crippen molar-refractivity contribution < 1.29 is 23.4 Å². The van der Waals surface area contributed by atoms with Crippen LogP contribution >= 0.6 is 0 Å². The lowest BCUT2D eigenvalue weighted by Gasteiger charge is -2.28. The Labute approximate surface area is 293 Å². The molecule has 1 aliphatic rings. The summed E-state index contributed by atoms with van der Waals surface area (Å²) in [5.41, 5.74) is 3.84. The SMILES string of the molecule is COc1cc(C(=O)N(C)CC(CCN2CCCN(c3nc4ccccc4n3C(F)c3ccccc3)CC2)c2ccccc2)cc(OC)c1OC. The monoisotopic (exact) mass is 679 g/mol. The molecule has 0 saturated carbocycles. The highest BCUT2D eigenvalue weighted by Crippen LogP contribution is 2.39. The van der Waals surface area contributed by atoms with Crippen molar-refractivity contribution in [3.63, 3.8) is 0 Å². The Balaban J connectivity index is 1.16. The average Bonchev–Trinajstić information content (AvgIpc) is 3.39. The molecule has 0 aliphatic carbocycles. The van der Waals surface area contributed by atoms with Gasteiger partial charge in [-0.3, -0.25) is 9.36 Å². The molecule has 2 heterocycles. The molecule has 5 aromatic rings. The summed E-state index contributed by atoms with van der Waals surface area (Å²) in [5.74, 6) is 1.99. The van der Waals surface area contributed by atoms with Crippen molar-refractivity contribution in [1.29, 1.82) is 0 Å². The lowest BCUT2D eigenvalue weighted by atomic mass is 9.94. The van der Waals surface area contributed by atoms with Gasteiger partial charge >= 0.3 is 0 Å². The van der Waals surface area contributed by atoms with Crippen LogP contribution < -0.4 is 19.1 Å². The molecule has 4 aromatic carbocycles. The van der Waals surface area contributed by atoms with Crippen LogP contribution in [0.25, 0.3) is 11.0 Å². The second kappa shape index (κ2) is 16.1. The summed E-state index contributed by atoms with van der Waals surface area (Å²) in [6, 6.07) is 30.8. The predicted molar refractivity (Wildman–Crippen MR) is 196 cm³/mol. The van der Waals surface area contributed by atoms with Crippen molar-refractivity contribution in [3.05, 3.63) is 114 Å². The zero-order valence-corrected chi connectivity index (χ0v) is 29.3. The molecule has 1 saturated heterocycles. The Kier molecular flexibility index (Phi) is 11.2. The van der Waals surface area contributed by atoms with Crippen molar-refractivity contribution in [3.8, 4) is 17.2 Å². The number of hydrogen-bond donors (Lipinski definition) is 0. The van der Waals surface area contributed by atoms with Crippen LogP contribution in [0.1, 0.15) is 46.5 Å². The predicted octanol–water partition coefficient (Wildman–Crippen LogP) is 7.04. The minimum atomic E-state index is -1.34. The third-order valence-electron chi connectivity index (χ3n) is 9.57. The van der Waals surface area contributed by atoms with E-state index in [-0.39, 0.29) is 11.8 Å². The van der Waals surface area contributed by atoms with Gasteiger partial charge in [-0.15, -0.1) is 0 Å². The molecule has 0 bridgehead atoms. The summed E-state index contributed by atoms with van der Waals surface area (Å²) in [5, 5.41) is 0. The van der Waals surface area contributed by atoms with Crippen LogP contribution in [0.5, 0.6) is 17.2 Å². The van der Waals surface area contributed by atoms with E-state index in [1.807, 2.05) is 79.8 Å². The highest BCUT2D eigenvalue weighted by Gasteiger charge is 2.27. The fourth-order valence-electron chi connectivity index (χ4n) is 6.90. The first kappa shape index (κ1) is 34.8. The number of anilines is 1. The highest BCUT2D eigenvalue weighted by molar-refractivity contribution is 5.95. The first-order valence-corrected chi connectivity index (χ1v) is 17.2. The van der Waals surface area contributed by atoms with Crippen molar-refractivity contribution >= 4 is 22.9 Å². The highest BCUT2D eigenvalue weighted by atomic mass is 19.1. The van der Waals surface area contributed by atoms with Gasteiger partial charge in [0.2, 0.25) is 18.0 Å². The second-order valence-corrected chi connectivity index (χ2v) is 12.7. The fraction of sp³-hybridized carbons (Fsp3) is 0.350. The van der Waals surface area contributed by atoms with Gasteiger partial charge in [-0.2, -0.15) is 0 Å². The number of halogens is 1. The van der Waals surface area contributed by atoms with Gasteiger partial charge in [0.05, 0.1) is 32.4 Å². The van der Waals surface area contributed by atoms with Gasteiger partial charge in [0.15, 0.2) is 11.5 Å². The van der Waals surface area contributed by atoms with Gasteiger partial charge in [-0.1, -0.05) is 72.8 Å². The molecule has 0 radical (unpaired) electrons. The lowest BCUT2D eigenvalue weighted by Crippen LogP contribution is -2.35. The first-order valence-electron chi connectivity index (χ1n) is 17.2. The van der Waals surface area contributed by atoms with Crippen molar-refractivity contribution in [2.45, 2.75) is 25.1 Å². The summed E-state index contributed by atoms with van der Waals surface area (Å²) < 4.78 is 34.4. The number of amides is 1. The van der Waals surface area contributed by atoms with Crippen LogP contribution in [0.4, 0.5) is 10.3 Å². The second-order valence-electron chi connectivity index (χ2n) is 12.7. The number of likely N-dealkylation sites (N-methyl/N-ethyl adjacent to an activating group) is 1. The molecule has 2 atom stereocenters. The number of rotatable bonds is 13. The third kappa shape index (κ3) is 7.55. The zero-order valence-electron chi connectivity index (χ0n) is 29.3. The van der Waals surface area contributed by atoms with Gasteiger partial charge in [0.25, 0.3) is 5.91 Å². The molecule has 6 rings (SSSR count). The van der Waals surface area contributed by atoms with Crippen LogP contribution in [0.3, 0.4) is 0 Å². The van der Waals surface area contributed by atoms with E-state index in [4.69, 9.17) is 19.2 Å². The molecule has 1 fully saturated rings. The number of methoxy groups -OCH3 is 3. The molecule has 2 unspecified atom stereocenters. The van der Waals surface area contributed by atoms with Gasteiger partial charge in [-0.25, -0.2) is 9.37 Å². The molecule has 1 amide bonds. The standard InChI is InChI=1S/C40H46FN5O4/c1-43(39(47)32-26-35(48-2)37(50-4)36(27-32)49-3)28-31(29-14-7-5-8-15-29)20-23-44-21-13-22-45(25-24-44)40-42-33-18-11-12-19-34(33)46(40)38(41)30-16-9-6-10-17-30/h5-12,14-19,26-27,31,38H,13,20-25,28H2,1-4H3. The Hall–Kier alpha value is -5.09. The van der Waals surface area contributed by atoms with E-state index in [2.05, 4.69) is 21.9 Å². The molecule has 1 aliphatic heterocycles. The Morgan fingerprint density at radius 1 is 0.820 bits per heavy atom. The number of aromatic nitrogens is 2. The summed E-state index contributed by atoms with van der Waals surface area (Å²) in [4.78, 5) is 25.1. The first-order chi connectivity index (χ1) is 24.4. The quantitative estimate of drug-likeness (QED) is 0.132. The van der Waals surface area contributed by atoms with Gasteiger partial charge in [0, 0.05) is 50.3 Å². The number of para-hydroxylation sites is 2. The van der Waals surface area contributed by atoms with Gasteiger partial charge < -0.3 is 28.9 Å². The minimum absolute atomic E-state index is 0.119. The maximum absolute atomic E-state index is 16.2. The Morgan fingerprint density at radius 3 is 2.12 bits per heavy atom. The Bertz CT molecular complexity index is 1840. The summed E-state index contributed by atoms with van der Waals surface area (Å²) >= 11 is 0. The number of hydrogen-bond acceptors (Lipinski definition) is 7. The van der Waals surface area contributed by atoms with E-state index in [0.717, 1.165) is 56.6 Å². The topological polar surface area (TPSA) is 72.3 Å². The van der Waals surface area contributed by atoms with Crippen molar-refractivity contribution in [2.24, 2.45) is 0 Å². The molecule has 0 N–H and O–H groups in total. The summed E-state index contributed by atoms with van der Waals surface area (Å²) in [6.45, 7) is 4.69. The van der Waals surface area contributed by atoms with E-state index in [1.165, 1.54) is 5.56 Å². The van der Waals surface area contributed by atoms with E-state index in [0.29, 0.717) is 40.9 Å². The number of fused-ring (bicyclic) bond motifs is 1. The van der Waals surface area contributed by atoms with Crippen LogP contribution in [0.15, 0.2) is 97.1 Å². The molecule has 10 heteroatoms. The molecular weight excluding hydrogens is 633 g/mol. The smallest absolute Gasteiger partial charge is 0.253 e. The van der Waals surface area contributed by atoms with Crippen LogP contribution in [-0.2, 0) is 0 Å². The number of nitrogens with zero attached hydrogens (tertiary/aromatic N) is 5. The third-order valence-corrected chi connectivity index (χ3v) is 9.57. The Morgan fingerprint density at radius 2 is 1.46 bits per heavy atom. The molecular formula is C40H46FN5O4. The van der Waals surface area contributed by atoms with E-state index < -0.39 is 6.30 Å². The van der Waals surface area contributed by atoms with Crippen molar-refractivity contribution in [2.75, 3.05) is 72.5 Å². The fourth-order valence-corrected chi connectivity index (χ4v) is 6.90. The summed E-state index contributed by atoms with van der Waals surface area (Å²) in [6.07, 6.45) is 0.459. The number of carbonyl (C=O) groups excluding carboxylic acids is 1. The number of imidazole rings is 1. The van der Waals surface area contributed by atoms with E-state index >= 15 is 4.39 Å². The number of ether oxygens (including phenoxy) is 3. The lowest BCUT2D eigenvalue weighted by molar-refractivity contribution is 0.0782. The van der Waals surface area contributed by atoms with Gasteiger partial charge in [-0.05, 0) is 55.8 Å².